The van der Waals surface area contributed by atoms with Gasteiger partial charge in [-0.25, -0.2) is 4.98 Å². The molecule has 1 rings (SSSR count). The van der Waals surface area contributed by atoms with Crippen LogP contribution in [0.25, 0.3) is 0 Å². The summed E-state index contributed by atoms with van der Waals surface area (Å²) < 4.78 is 2.03. The predicted octanol–water partition coefficient (Wildman–Crippen LogP) is 1.46. The molecular weight excluding hydrogens is 112 g/mol. The third kappa shape index (κ3) is 1.72. The van der Waals surface area contributed by atoms with E-state index < -0.39 is 0 Å². The first kappa shape index (κ1) is 6.08. The van der Waals surface area contributed by atoms with Gasteiger partial charge in [0, 0.05) is 18.9 Å². The van der Waals surface area contributed by atoms with Crippen molar-refractivity contribution < 1.29 is 0 Å². The quantitative estimate of drug-likeness (QED) is 0.555. The fourth-order valence-corrected chi connectivity index (χ4v) is 0.659. The van der Waals surface area contributed by atoms with E-state index in [0.29, 0.717) is 0 Å². The molecule has 0 unspecified atom stereocenters. The highest BCUT2D eigenvalue weighted by atomic mass is 15.0. The summed E-state index contributed by atoms with van der Waals surface area (Å²) in [5.41, 5.74) is 0. The van der Waals surface area contributed by atoms with Gasteiger partial charge in [-0.05, 0) is 6.42 Å². The smallest absolute Gasteiger partial charge is 0.0946 e. The predicted molar refractivity (Wildman–Crippen MR) is 37.0 cm³/mol. The minimum atomic E-state index is 0.990. The second-order valence-electron chi connectivity index (χ2n) is 1.88. The molecule has 0 saturated carbocycles. The number of rotatable bonds is 3. The van der Waals surface area contributed by atoms with Crippen molar-refractivity contribution >= 4 is 0 Å². The Labute approximate surface area is 54.8 Å². The molecule has 2 heteroatoms. The van der Waals surface area contributed by atoms with Gasteiger partial charge in [0.1, 0.15) is 0 Å². The van der Waals surface area contributed by atoms with E-state index in [1.165, 1.54) is 0 Å². The summed E-state index contributed by atoms with van der Waals surface area (Å²) in [6.45, 7) is 4.62. The van der Waals surface area contributed by atoms with Crippen molar-refractivity contribution in [1.29, 1.82) is 0 Å². The average molecular weight is 122 g/mol. The topological polar surface area (TPSA) is 17.8 Å². The van der Waals surface area contributed by atoms with Gasteiger partial charge >= 0.3 is 0 Å². The van der Waals surface area contributed by atoms with E-state index in [0.717, 1.165) is 13.0 Å². The number of hydrogen-bond donors (Lipinski definition) is 0. The van der Waals surface area contributed by atoms with Gasteiger partial charge in [-0.3, -0.25) is 0 Å². The van der Waals surface area contributed by atoms with Crippen LogP contribution in [0.2, 0.25) is 0 Å². The van der Waals surface area contributed by atoms with E-state index >= 15 is 0 Å². The summed E-state index contributed by atoms with van der Waals surface area (Å²) in [6.07, 6.45) is 8.45. The lowest BCUT2D eigenvalue weighted by atomic mass is 10.4. The van der Waals surface area contributed by atoms with E-state index in [1.807, 2.05) is 23.2 Å². The minimum absolute atomic E-state index is 0.990. The molecule has 0 aliphatic carbocycles. The SMILES string of the molecule is C=CCCn1ccnc1. The lowest BCUT2D eigenvalue weighted by Crippen LogP contribution is -1.90. The average Bonchev–Trinajstić information content (AvgIpc) is 2.34. The molecule has 48 valence electrons. The molecule has 0 aliphatic rings. The lowest BCUT2D eigenvalue weighted by molar-refractivity contribution is 0.710. The minimum Gasteiger partial charge on any atom is -0.337 e. The highest BCUT2D eigenvalue weighted by Gasteiger charge is 1.83. The summed E-state index contributed by atoms with van der Waals surface area (Å²) in [5, 5.41) is 0. The molecule has 0 aliphatic heterocycles. The fourth-order valence-electron chi connectivity index (χ4n) is 0.659. The van der Waals surface area contributed by atoms with E-state index in [-0.39, 0.29) is 0 Å². The van der Waals surface area contributed by atoms with Gasteiger partial charge in [0.2, 0.25) is 0 Å². The van der Waals surface area contributed by atoms with Crippen molar-refractivity contribution in [2.45, 2.75) is 13.0 Å². The Morgan fingerprint density at radius 1 is 1.67 bits per heavy atom. The van der Waals surface area contributed by atoms with Crippen molar-refractivity contribution in [2.24, 2.45) is 0 Å². The summed E-state index contributed by atoms with van der Waals surface area (Å²) in [7, 11) is 0. The molecule has 0 atom stereocenters. The summed E-state index contributed by atoms with van der Waals surface area (Å²) in [6, 6.07) is 0. The number of allylic oxidation sites excluding steroid dienone is 1. The molecule has 0 spiro atoms. The first-order valence-corrected chi connectivity index (χ1v) is 3.00. The van der Waals surface area contributed by atoms with Crippen LogP contribution in [0.3, 0.4) is 0 Å². The molecule has 0 N–H and O–H groups in total. The zero-order valence-corrected chi connectivity index (χ0v) is 5.33. The van der Waals surface area contributed by atoms with Crippen LogP contribution in [0.1, 0.15) is 6.42 Å². The van der Waals surface area contributed by atoms with Gasteiger partial charge in [-0.2, -0.15) is 0 Å². The van der Waals surface area contributed by atoms with Crippen molar-refractivity contribution in [3.05, 3.63) is 31.4 Å². The van der Waals surface area contributed by atoms with Gasteiger partial charge in [0.25, 0.3) is 0 Å². The molecule has 0 aromatic carbocycles. The zero-order chi connectivity index (χ0) is 6.53. The molecule has 0 fully saturated rings. The molecule has 1 aromatic rings. The normalized spacial score (nSPS) is 9.33. The largest absolute Gasteiger partial charge is 0.337 e. The lowest BCUT2D eigenvalue weighted by Gasteiger charge is -1.94. The molecular formula is C7H10N2. The van der Waals surface area contributed by atoms with Gasteiger partial charge < -0.3 is 4.57 Å². The standard InChI is InChI=1S/C7H10N2/c1-2-3-5-9-6-4-8-7-9/h2,4,6-7H,1,3,5H2. The number of imidazole rings is 1. The Balaban J connectivity index is 2.38. The summed E-state index contributed by atoms with van der Waals surface area (Å²) >= 11 is 0. The van der Waals surface area contributed by atoms with E-state index in [2.05, 4.69) is 11.6 Å². The molecule has 0 radical (unpaired) electrons. The maximum absolute atomic E-state index is 3.90. The van der Waals surface area contributed by atoms with Crippen LogP contribution in [-0.2, 0) is 6.54 Å². The monoisotopic (exact) mass is 122 g/mol. The van der Waals surface area contributed by atoms with Crippen LogP contribution in [0, 0.1) is 0 Å². The van der Waals surface area contributed by atoms with Gasteiger partial charge in [0.15, 0.2) is 0 Å². The second kappa shape index (κ2) is 3.07. The molecule has 1 aromatic heterocycles. The molecule has 2 nitrogen and oxygen atoms in total. The Morgan fingerprint density at radius 3 is 3.11 bits per heavy atom. The Kier molecular flexibility index (Phi) is 2.07. The van der Waals surface area contributed by atoms with Crippen LogP contribution >= 0.6 is 0 Å². The third-order valence-electron chi connectivity index (χ3n) is 1.15. The summed E-state index contributed by atoms with van der Waals surface area (Å²) in [5.74, 6) is 0. The van der Waals surface area contributed by atoms with Crippen LogP contribution < -0.4 is 0 Å². The van der Waals surface area contributed by atoms with Crippen molar-refractivity contribution in [2.75, 3.05) is 0 Å². The highest BCUT2D eigenvalue weighted by Crippen LogP contribution is 1.89. The van der Waals surface area contributed by atoms with Crippen molar-refractivity contribution in [1.82, 2.24) is 9.55 Å². The summed E-state index contributed by atoms with van der Waals surface area (Å²) in [4.78, 5) is 3.90. The van der Waals surface area contributed by atoms with Gasteiger partial charge in [0.05, 0.1) is 6.33 Å². The van der Waals surface area contributed by atoms with Crippen LogP contribution in [-0.4, -0.2) is 9.55 Å². The molecule has 0 bridgehead atoms. The van der Waals surface area contributed by atoms with E-state index in [4.69, 9.17) is 0 Å². The van der Waals surface area contributed by atoms with E-state index in [9.17, 15) is 0 Å². The maximum Gasteiger partial charge on any atom is 0.0946 e. The first-order chi connectivity index (χ1) is 4.43. The number of aromatic nitrogens is 2. The maximum atomic E-state index is 3.90. The third-order valence-corrected chi connectivity index (χ3v) is 1.15. The van der Waals surface area contributed by atoms with Gasteiger partial charge in [-0.1, -0.05) is 6.08 Å². The number of hydrogen-bond acceptors (Lipinski definition) is 1. The van der Waals surface area contributed by atoms with E-state index in [1.54, 1.807) is 6.20 Å². The highest BCUT2D eigenvalue weighted by molar-refractivity contribution is 4.76. The van der Waals surface area contributed by atoms with Gasteiger partial charge in [-0.15, -0.1) is 6.58 Å². The second-order valence-corrected chi connectivity index (χ2v) is 1.88. The number of aryl methyl sites for hydroxylation is 1. The molecule has 9 heavy (non-hydrogen) atoms. The Morgan fingerprint density at radius 2 is 2.56 bits per heavy atom. The fraction of sp³-hybridized carbons (Fsp3) is 0.286. The zero-order valence-electron chi connectivity index (χ0n) is 5.33. The first-order valence-electron chi connectivity index (χ1n) is 3.00. The van der Waals surface area contributed by atoms with Crippen LogP contribution in [0.4, 0.5) is 0 Å². The molecule has 0 amide bonds. The molecule has 1 heterocycles. The van der Waals surface area contributed by atoms with Crippen molar-refractivity contribution in [3.8, 4) is 0 Å². The van der Waals surface area contributed by atoms with Crippen molar-refractivity contribution in [3.63, 3.8) is 0 Å². The van der Waals surface area contributed by atoms with Crippen LogP contribution in [0.15, 0.2) is 31.4 Å². The van der Waals surface area contributed by atoms with Crippen LogP contribution in [0.5, 0.6) is 0 Å². The Hall–Kier alpha value is -1.05. The molecule has 0 saturated heterocycles. The number of nitrogens with zero attached hydrogens (tertiary/aromatic N) is 2. The Bertz CT molecular complexity index is 165.